The summed E-state index contributed by atoms with van der Waals surface area (Å²) in [7, 11) is 1.48. The first-order valence-electron chi connectivity index (χ1n) is 14.0. The number of alkyl halides is 6. The van der Waals surface area contributed by atoms with Crippen LogP contribution in [0.25, 0.3) is 0 Å². The molecule has 1 N–H and O–H groups in total. The number of nitrogens with one attached hydrogen (secondary N) is 1. The van der Waals surface area contributed by atoms with Crippen LogP contribution >= 0.6 is 0 Å². The zero-order chi connectivity index (χ0) is 33.1. The van der Waals surface area contributed by atoms with Crippen molar-refractivity contribution in [1.82, 2.24) is 34.7 Å². The highest BCUT2D eigenvalue weighted by Crippen LogP contribution is 2.32. The third kappa shape index (κ3) is 7.72. The van der Waals surface area contributed by atoms with E-state index in [1.807, 2.05) is 0 Å². The normalized spacial score (nSPS) is 16.1. The fraction of sp³-hybridized carbons (Fsp3) is 0.429. The highest BCUT2D eigenvalue weighted by Gasteiger charge is 2.38. The van der Waals surface area contributed by atoms with Crippen molar-refractivity contribution < 1.29 is 35.8 Å². The van der Waals surface area contributed by atoms with Crippen LogP contribution in [-0.4, -0.2) is 67.6 Å². The summed E-state index contributed by atoms with van der Waals surface area (Å²) in [6, 6.07) is 5.76. The Labute approximate surface area is 258 Å². The van der Waals surface area contributed by atoms with E-state index in [0.717, 1.165) is 23.3 Å². The Hall–Kier alpha value is -4.74. The summed E-state index contributed by atoms with van der Waals surface area (Å²) in [5, 5.41) is 14.8. The Morgan fingerprint density at radius 2 is 1.76 bits per heavy atom. The van der Waals surface area contributed by atoms with Gasteiger partial charge in [-0.2, -0.15) is 31.4 Å². The molecule has 46 heavy (non-hydrogen) atoms. The molecule has 0 bridgehead atoms. The molecule has 2 atom stereocenters. The number of anilines is 2. The summed E-state index contributed by atoms with van der Waals surface area (Å²) in [6.45, 7) is 2.33. The van der Waals surface area contributed by atoms with Gasteiger partial charge in [0.1, 0.15) is 17.0 Å². The van der Waals surface area contributed by atoms with Crippen molar-refractivity contribution in [1.29, 1.82) is 0 Å². The first-order chi connectivity index (χ1) is 21.8. The first-order valence-corrected chi connectivity index (χ1v) is 14.0. The van der Waals surface area contributed by atoms with Gasteiger partial charge >= 0.3 is 12.4 Å². The van der Waals surface area contributed by atoms with E-state index in [9.17, 15) is 31.1 Å². The minimum Gasteiger partial charge on any atom is -0.497 e. The highest BCUT2D eigenvalue weighted by molar-refractivity contribution is 5.50. The molecule has 3 aromatic heterocycles. The predicted octanol–water partition coefficient (Wildman–Crippen LogP) is 4.19. The Bertz CT molecular complexity index is 1670. The lowest BCUT2D eigenvalue weighted by atomic mass is 10.2. The van der Waals surface area contributed by atoms with Crippen LogP contribution in [-0.2, 0) is 30.2 Å². The summed E-state index contributed by atoms with van der Waals surface area (Å²) in [4.78, 5) is 22.2. The molecule has 246 valence electrons. The number of halogens is 6. The lowest BCUT2D eigenvalue weighted by Gasteiger charge is -2.19. The van der Waals surface area contributed by atoms with Crippen molar-refractivity contribution in [2.45, 2.75) is 50.9 Å². The van der Waals surface area contributed by atoms with Crippen LogP contribution in [0.5, 0.6) is 5.75 Å². The van der Waals surface area contributed by atoms with Crippen molar-refractivity contribution in [3.8, 4) is 5.75 Å². The second-order valence-corrected chi connectivity index (χ2v) is 10.7. The summed E-state index contributed by atoms with van der Waals surface area (Å²) < 4.78 is 93.4. The fourth-order valence-corrected chi connectivity index (χ4v) is 4.86. The van der Waals surface area contributed by atoms with E-state index in [1.54, 1.807) is 47.0 Å². The number of aromatic nitrogens is 7. The van der Waals surface area contributed by atoms with Crippen LogP contribution in [0.3, 0.4) is 0 Å². The van der Waals surface area contributed by atoms with Crippen molar-refractivity contribution in [2.24, 2.45) is 0 Å². The lowest BCUT2D eigenvalue weighted by molar-refractivity contribution is -0.139. The van der Waals surface area contributed by atoms with E-state index in [4.69, 9.17) is 9.47 Å². The van der Waals surface area contributed by atoms with Gasteiger partial charge in [0.25, 0.3) is 5.56 Å². The predicted molar refractivity (Wildman–Crippen MR) is 151 cm³/mol. The molecular weight excluding hydrogens is 624 g/mol. The topological polar surface area (TPSA) is 125 Å². The number of hydrogen-bond donors (Lipinski definition) is 1. The Morgan fingerprint density at radius 3 is 2.41 bits per heavy atom. The molecule has 12 nitrogen and oxygen atoms in total. The van der Waals surface area contributed by atoms with Crippen molar-refractivity contribution in [2.75, 3.05) is 37.0 Å². The maximum absolute atomic E-state index is 14.0. The molecule has 0 saturated carbocycles. The monoisotopic (exact) mass is 653 g/mol. The molecule has 1 saturated heterocycles. The van der Waals surface area contributed by atoms with E-state index in [2.05, 4.69) is 30.7 Å². The zero-order valence-electron chi connectivity index (χ0n) is 24.6. The summed E-state index contributed by atoms with van der Waals surface area (Å²) in [5.74, 6) is 0.745. The van der Waals surface area contributed by atoms with Gasteiger partial charge in [0, 0.05) is 31.5 Å². The number of benzene rings is 1. The maximum Gasteiger partial charge on any atom is 0.423 e. The first kappa shape index (κ1) is 32.6. The van der Waals surface area contributed by atoms with E-state index < -0.39 is 40.8 Å². The van der Waals surface area contributed by atoms with Crippen LogP contribution < -0.4 is 20.5 Å². The van der Waals surface area contributed by atoms with E-state index in [-0.39, 0.29) is 31.7 Å². The van der Waals surface area contributed by atoms with E-state index >= 15 is 0 Å². The van der Waals surface area contributed by atoms with Gasteiger partial charge < -0.3 is 19.7 Å². The van der Waals surface area contributed by atoms with Gasteiger partial charge in [-0.3, -0.25) is 4.79 Å². The molecule has 18 heteroatoms. The maximum atomic E-state index is 14.0. The van der Waals surface area contributed by atoms with Gasteiger partial charge in [-0.15, -0.1) is 5.10 Å². The number of rotatable bonds is 11. The minimum absolute atomic E-state index is 0.0122. The largest absolute Gasteiger partial charge is 0.497 e. The van der Waals surface area contributed by atoms with Gasteiger partial charge in [0.15, 0.2) is 0 Å². The molecule has 0 radical (unpaired) electrons. The highest BCUT2D eigenvalue weighted by atomic mass is 19.4. The summed E-state index contributed by atoms with van der Waals surface area (Å²) in [6.07, 6.45) is -4.71. The average Bonchev–Trinajstić information content (AvgIpc) is 3.68. The zero-order valence-corrected chi connectivity index (χ0v) is 24.6. The molecule has 0 amide bonds. The van der Waals surface area contributed by atoms with Gasteiger partial charge in [-0.25, -0.2) is 19.3 Å². The van der Waals surface area contributed by atoms with Gasteiger partial charge in [-0.1, -0.05) is 17.3 Å². The molecule has 1 aromatic carbocycles. The van der Waals surface area contributed by atoms with Gasteiger partial charge in [0.2, 0.25) is 5.95 Å². The van der Waals surface area contributed by atoms with Crippen LogP contribution in [0.2, 0.25) is 0 Å². The quantitative estimate of drug-likeness (QED) is 0.236. The van der Waals surface area contributed by atoms with Crippen molar-refractivity contribution >= 4 is 11.6 Å². The number of methoxy groups -OCH3 is 1. The second-order valence-electron chi connectivity index (χ2n) is 10.7. The van der Waals surface area contributed by atoms with Crippen molar-refractivity contribution in [3.63, 3.8) is 0 Å². The standard InChI is InChI=1S/C28H29F6N9O3/c1-17(38-23-11-37-43(25(44)24(23)28(32,33)34)12-18-3-5-22(45-2)6-4-18)15-46-16-20-13-42(40-39-20)21-7-8-41(14-21)26-35-9-19(10-36-26)27(29,30)31/h3-6,9-11,13,17,21,38H,7-8,12,14-16H2,1-2H3. The average molecular weight is 654 g/mol. The molecule has 4 heterocycles. The smallest absolute Gasteiger partial charge is 0.423 e. The molecule has 0 spiro atoms. The van der Waals surface area contributed by atoms with Crippen LogP contribution in [0.15, 0.2) is 53.8 Å². The number of nitrogens with zero attached hydrogens (tertiary/aromatic N) is 8. The minimum atomic E-state index is -4.93. The molecule has 1 fully saturated rings. The Morgan fingerprint density at radius 1 is 1.04 bits per heavy atom. The number of ether oxygens (including phenoxy) is 2. The Balaban J connectivity index is 1.15. The summed E-state index contributed by atoms with van der Waals surface area (Å²) >= 11 is 0. The molecule has 0 aliphatic carbocycles. The summed E-state index contributed by atoms with van der Waals surface area (Å²) in [5.41, 5.74) is -3.00. The third-order valence-corrected chi connectivity index (χ3v) is 7.18. The van der Waals surface area contributed by atoms with E-state index in [0.29, 0.717) is 36.5 Å². The van der Waals surface area contributed by atoms with Crippen LogP contribution in [0.1, 0.15) is 41.8 Å². The number of hydrogen-bond acceptors (Lipinski definition) is 10. The second kappa shape index (κ2) is 13.3. The van der Waals surface area contributed by atoms with E-state index in [1.165, 1.54) is 7.11 Å². The van der Waals surface area contributed by atoms with Crippen LogP contribution in [0.4, 0.5) is 38.0 Å². The fourth-order valence-electron chi connectivity index (χ4n) is 4.86. The van der Waals surface area contributed by atoms with Crippen molar-refractivity contribution in [3.05, 3.63) is 81.8 Å². The SMILES string of the molecule is COc1ccc(Cn2ncc(NC(C)COCc3cn(C4CCN(c5ncc(C(F)(F)F)cn5)C4)nn3)c(C(F)(F)F)c2=O)cc1. The molecule has 1 aliphatic heterocycles. The molecule has 2 unspecified atom stereocenters. The molecule has 4 aromatic rings. The van der Waals surface area contributed by atoms with Crippen LogP contribution in [0, 0.1) is 0 Å². The lowest BCUT2D eigenvalue weighted by Crippen LogP contribution is -2.34. The molecular formula is C28H29F6N9O3. The van der Waals surface area contributed by atoms with Gasteiger partial charge in [0.05, 0.1) is 56.6 Å². The third-order valence-electron chi connectivity index (χ3n) is 7.18. The Kier molecular flexibility index (Phi) is 9.45. The molecule has 5 rings (SSSR count). The van der Waals surface area contributed by atoms with Gasteiger partial charge in [-0.05, 0) is 31.0 Å². The molecule has 1 aliphatic rings.